The van der Waals surface area contributed by atoms with Crippen molar-refractivity contribution in [1.29, 1.82) is 0 Å². The molecule has 0 aromatic carbocycles. The molecule has 0 spiro atoms. The Hall–Kier alpha value is -0.130. The predicted molar refractivity (Wildman–Crippen MR) is 86.2 cm³/mol. The molecule has 2 fully saturated rings. The van der Waals surface area contributed by atoms with Gasteiger partial charge < -0.3 is 10.1 Å². The highest BCUT2D eigenvalue weighted by atomic mass is 32.2. The first-order chi connectivity index (χ1) is 9.94. The van der Waals surface area contributed by atoms with E-state index in [9.17, 15) is 8.42 Å². The highest BCUT2D eigenvalue weighted by Gasteiger charge is 2.36. The van der Waals surface area contributed by atoms with Crippen molar-refractivity contribution in [2.24, 2.45) is 11.8 Å². The zero-order valence-electron chi connectivity index (χ0n) is 13.7. The minimum Gasteiger partial charge on any atom is -0.378 e. The fourth-order valence-electron chi connectivity index (χ4n) is 4.08. The Balaban J connectivity index is 1.83. The van der Waals surface area contributed by atoms with E-state index in [-0.39, 0.29) is 5.25 Å². The Morgan fingerprint density at radius 1 is 1.24 bits per heavy atom. The maximum Gasteiger partial charge on any atom is 0.150 e. The third-order valence-corrected chi connectivity index (χ3v) is 7.03. The number of sulfone groups is 1. The van der Waals surface area contributed by atoms with Gasteiger partial charge in [0, 0.05) is 18.9 Å². The molecule has 2 saturated carbocycles. The SMILES string of the molecule is CCOC1CC(CC(NC)C2CCCC(S(C)(=O)=O)C2)C1. The third-order valence-electron chi connectivity index (χ3n) is 5.39. The second-order valence-corrected chi connectivity index (χ2v) is 9.25. The molecule has 4 nitrogen and oxygen atoms in total. The molecule has 0 amide bonds. The molecule has 1 N–H and O–H groups in total. The smallest absolute Gasteiger partial charge is 0.150 e. The molecule has 0 aliphatic heterocycles. The lowest BCUT2D eigenvalue weighted by atomic mass is 9.73. The van der Waals surface area contributed by atoms with E-state index in [1.54, 1.807) is 0 Å². The monoisotopic (exact) mass is 317 g/mol. The molecule has 0 aromatic heterocycles. The van der Waals surface area contributed by atoms with E-state index >= 15 is 0 Å². The fourth-order valence-corrected chi connectivity index (χ4v) is 5.27. The van der Waals surface area contributed by atoms with Gasteiger partial charge in [-0.05, 0) is 64.3 Å². The zero-order chi connectivity index (χ0) is 15.5. The van der Waals surface area contributed by atoms with Crippen LogP contribution < -0.4 is 5.32 Å². The van der Waals surface area contributed by atoms with Gasteiger partial charge in [-0.3, -0.25) is 0 Å². The van der Waals surface area contributed by atoms with Gasteiger partial charge in [0.25, 0.3) is 0 Å². The van der Waals surface area contributed by atoms with Crippen molar-refractivity contribution in [3.63, 3.8) is 0 Å². The van der Waals surface area contributed by atoms with Crippen molar-refractivity contribution in [3.8, 4) is 0 Å². The Kier molecular flexibility index (Phi) is 6.09. The van der Waals surface area contributed by atoms with Gasteiger partial charge in [-0.2, -0.15) is 0 Å². The van der Waals surface area contributed by atoms with Crippen molar-refractivity contribution < 1.29 is 13.2 Å². The first-order valence-electron chi connectivity index (χ1n) is 8.41. The van der Waals surface area contributed by atoms with Crippen molar-refractivity contribution in [2.75, 3.05) is 19.9 Å². The fraction of sp³-hybridized carbons (Fsp3) is 1.00. The van der Waals surface area contributed by atoms with Crippen LogP contribution in [0.4, 0.5) is 0 Å². The molecule has 3 atom stereocenters. The number of nitrogens with one attached hydrogen (secondary N) is 1. The first-order valence-corrected chi connectivity index (χ1v) is 10.4. The van der Waals surface area contributed by atoms with Crippen LogP contribution in [0, 0.1) is 11.8 Å². The van der Waals surface area contributed by atoms with E-state index in [2.05, 4.69) is 12.2 Å². The topological polar surface area (TPSA) is 55.4 Å². The molecule has 21 heavy (non-hydrogen) atoms. The van der Waals surface area contributed by atoms with Gasteiger partial charge in [0.1, 0.15) is 9.84 Å². The van der Waals surface area contributed by atoms with Gasteiger partial charge in [0.05, 0.1) is 11.4 Å². The summed E-state index contributed by atoms with van der Waals surface area (Å²) < 4.78 is 29.3. The normalized spacial score (nSPS) is 35.2. The summed E-state index contributed by atoms with van der Waals surface area (Å²) >= 11 is 0. The average Bonchev–Trinajstić information content (AvgIpc) is 2.40. The quantitative estimate of drug-likeness (QED) is 0.783. The molecular weight excluding hydrogens is 286 g/mol. The summed E-state index contributed by atoms with van der Waals surface area (Å²) in [6.45, 7) is 2.86. The molecule has 0 heterocycles. The van der Waals surface area contributed by atoms with Gasteiger partial charge in [-0.25, -0.2) is 8.42 Å². The summed E-state index contributed by atoms with van der Waals surface area (Å²) in [4.78, 5) is 0. The van der Waals surface area contributed by atoms with E-state index < -0.39 is 9.84 Å². The molecule has 2 rings (SSSR count). The molecule has 0 aromatic rings. The van der Waals surface area contributed by atoms with Gasteiger partial charge >= 0.3 is 0 Å². The predicted octanol–water partition coefficient (Wildman–Crippen LogP) is 2.38. The van der Waals surface area contributed by atoms with Crippen molar-refractivity contribution in [1.82, 2.24) is 5.32 Å². The van der Waals surface area contributed by atoms with E-state index in [1.807, 2.05) is 7.05 Å². The summed E-state index contributed by atoms with van der Waals surface area (Å²) in [6.07, 6.45) is 9.28. The zero-order valence-corrected chi connectivity index (χ0v) is 14.5. The van der Waals surface area contributed by atoms with E-state index in [4.69, 9.17) is 4.74 Å². The van der Waals surface area contributed by atoms with Crippen LogP contribution in [-0.4, -0.2) is 45.7 Å². The Labute approximate surface area is 129 Å². The Morgan fingerprint density at radius 3 is 2.52 bits per heavy atom. The maximum absolute atomic E-state index is 11.8. The van der Waals surface area contributed by atoms with Gasteiger partial charge in [0.15, 0.2) is 0 Å². The molecule has 0 saturated heterocycles. The minimum atomic E-state index is -2.88. The molecule has 2 aliphatic rings. The maximum atomic E-state index is 11.8. The second-order valence-electron chi connectivity index (χ2n) is 6.92. The number of hydrogen-bond acceptors (Lipinski definition) is 4. The molecule has 0 radical (unpaired) electrons. The van der Waals surface area contributed by atoms with Crippen LogP contribution in [0.1, 0.15) is 51.9 Å². The molecular formula is C16H31NO3S. The lowest BCUT2D eigenvalue weighted by Crippen LogP contribution is -2.43. The lowest BCUT2D eigenvalue weighted by molar-refractivity contribution is -0.0310. The van der Waals surface area contributed by atoms with Gasteiger partial charge in [-0.15, -0.1) is 0 Å². The number of rotatable bonds is 7. The van der Waals surface area contributed by atoms with Crippen LogP contribution in [0.5, 0.6) is 0 Å². The van der Waals surface area contributed by atoms with Crippen molar-refractivity contribution in [3.05, 3.63) is 0 Å². The average molecular weight is 317 g/mol. The third kappa shape index (κ3) is 4.67. The van der Waals surface area contributed by atoms with Gasteiger partial charge in [0.2, 0.25) is 0 Å². The lowest BCUT2D eigenvalue weighted by Gasteiger charge is -2.40. The second kappa shape index (κ2) is 7.42. The molecule has 0 bridgehead atoms. The van der Waals surface area contributed by atoms with Crippen LogP contribution in [0.15, 0.2) is 0 Å². The highest BCUT2D eigenvalue weighted by molar-refractivity contribution is 7.91. The molecule has 3 unspecified atom stereocenters. The van der Waals surface area contributed by atoms with Gasteiger partial charge in [-0.1, -0.05) is 6.42 Å². The summed E-state index contributed by atoms with van der Waals surface area (Å²) in [5, 5.41) is 3.33. The standard InChI is InChI=1S/C16H31NO3S/c1-4-20-14-8-12(9-14)10-16(17-2)13-6-5-7-15(11-13)21(3,18)19/h12-17H,4-11H2,1-3H3. The summed E-state index contributed by atoms with van der Waals surface area (Å²) in [6, 6.07) is 0.460. The first kappa shape index (κ1) is 17.2. The Bertz CT molecular complexity index is 417. The Morgan fingerprint density at radius 2 is 1.95 bits per heavy atom. The van der Waals surface area contributed by atoms with E-state index in [1.165, 1.54) is 31.9 Å². The summed E-state index contributed by atoms with van der Waals surface area (Å²) in [5.74, 6) is 1.26. The molecule has 2 aliphatic carbocycles. The minimum absolute atomic E-state index is 0.121. The van der Waals surface area contributed by atoms with Crippen molar-refractivity contribution >= 4 is 9.84 Å². The largest absolute Gasteiger partial charge is 0.378 e. The molecule has 5 heteroatoms. The summed E-state index contributed by atoms with van der Waals surface area (Å²) in [5.41, 5.74) is 0. The van der Waals surface area contributed by atoms with Crippen LogP contribution in [-0.2, 0) is 14.6 Å². The van der Waals surface area contributed by atoms with Crippen LogP contribution in [0.3, 0.4) is 0 Å². The number of ether oxygens (including phenoxy) is 1. The van der Waals surface area contributed by atoms with Crippen LogP contribution in [0.25, 0.3) is 0 Å². The van der Waals surface area contributed by atoms with E-state index in [0.717, 1.165) is 31.8 Å². The number of hydrogen-bond donors (Lipinski definition) is 1. The van der Waals surface area contributed by atoms with Crippen molar-refractivity contribution in [2.45, 2.75) is 69.3 Å². The van der Waals surface area contributed by atoms with E-state index in [0.29, 0.717) is 18.1 Å². The summed E-state index contributed by atoms with van der Waals surface area (Å²) in [7, 11) is -0.863. The van der Waals surface area contributed by atoms with Crippen LogP contribution >= 0.6 is 0 Å². The highest BCUT2D eigenvalue weighted by Crippen LogP contribution is 2.38. The van der Waals surface area contributed by atoms with Crippen LogP contribution in [0.2, 0.25) is 0 Å². The molecule has 124 valence electrons.